The van der Waals surface area contributed by atoms with Gasteiger partial charge in [0.25, 0.3) is 0 Å². The molecule has 0 aliphatic heterocycles. The summed E-state index contributed by atoms with van der Waals surface area (Å²) in [5.74, 6) is 5.35. The summed E-state index contributed by atoms with van der Waals surface area (Å²) in [6, 6.07) is 11.6. The Hall–Kier alpha value is -1.62. The lowest BCUT2D eigenvalue weighted by atomic mass is 9.99. The van der Waals surface area contributed by atoms with Crippen molar-refractivity contribution in [3.8, 4) is 5.75 Å². The molecule has 0 bridgehead atoms. The van der Waals surface area contributed by atoms with E-state index in [2.05, 4.69) is 5.43 Å². The van der Waals surface area contributed by atoms with E-state index in [1.165, 1.54) is 13.2 Å². The SMILES string of the molecule is COc1cc(C(NN)c2ccccc2Cl)ccc1F. The summed E-state index contributed by atoms with van der Waals surface area (Å²) in [4.78, 5) is 0. The average Bonchev–Trinajstić information content (AvgIpc) is 2.43. The van der Waals surface area contributed by atoms with Crippen molar-refractivity contribution < 1.29 is 9.13 Å². The summed E-state index contributed by atoms with van der Waals surface area (Å²) in [6.07, 6.45) is 0. The summed E-state index contributed by atoms with van der Waals surface area (Å²) in [6.45, 7) is 0. The van der Waals surface area contributed by atoms with Crippen molar-refractivity contribution in [2.75, 3.05) is 7.11 Å². The molecule has 100 valence electrons. The highest BCUT2D eigenvalue weighted by Crippen LogP contribution is 2.30. The number of rotatable bonds is 4. The van der Waals surface area contributed by atoms with Gasteiger partial charge in [-0.2, -0.15) is 0 Å². The van der Waals surface area contributed by atoms with Gasteiger partial charge in [0.2, 0.25) is 0 Å². The molecule has 2 aromatic rings. The largest absolute Gasteiger partial charge is 0.494 e. The lowest BCUT2D eigenvalue weighted by Crippen LogP contribution is -2.29. The van der Waals surface area contributed by atoms with Crippen LogP contribution >= 0.6 is 11.6 Å². The van der Waals surface area contributed by atoms with E-state index in [0.29, 0.717) is 5.02 Å². The Balaban J connectivity index is 2.45. The van der Waals surface area contributed by atoms with Crippen LogP contribution in [0.2, 0.25) is 5.02 Å². The molecule has 0 amide bonds. The molecule has 3 N–H and O–H groups in total. The predicted octanol–water partition coefficient (Wildman–Crippen LogP) is 3.04. The Kier molecular flexibility index (Phi) is 4.37. The zero-order valence-corrected chi connectivity index (χ0v) is 11.1. The van der Waals surface area contributed by atoms with Gasteiger partial charge in [0, 0.05) is 5.02 Å². The molecule has 0 radical (unpaired) electrons. The van der Waals surface area contributed by atoms with Gasteiger partial charge in [-0.25, -0.2) is 9.82 Å². The molecule has 0 saturated carbocycles. The summed E-state index contributed by atoms with van der Waals surface area (Å²) >= 11 is 6.15. The first-order chi connectivity index (χ1) is 9.17. The second kappa shape index (κ2) is 6.02. The van der Waals surface area contributed by atoms with Gasteiger partial charge in [0.1, 0.15) is 0 Å². The Morgan fingerprint density at radius 2 is 2.00 bits per heavy atom. The van der Waals surface area contributed by atoms with Crippen LogP contribution in [0.25, 0.3) is 0 Å². The molecule has 1 atom stereocenters. The second-order valence-corrected chi connectivity index (χ2v) is 4.42. The number of benzene rings is 2. The van der Waals surface area contributed by atoms with Gasteiger partial charge in [0.05, 0.1) is 13.2 Å². The first-order valence-corrected chi connectivity index (χ1v) is 6.09. The van der Waals surface area contributed by atoms with Crippen LogP contribution < -0.4 is 16.0 Å². The van der Waals surface area contributed by atoms with Crippen LogP contribution in [-0.2, 0) is 0 Å². The van der Waals surface area contributed by atoms with E-state index in [0.717, 1.165) is 11.1 Å². The average molecular weight is 281 g/mol. The maximum Gasteiger partial charge on any atom is 0.165 e. The quantitative estimate of drug-likeness (QED) is 0.668. The van der Waals surface area contributed by atoms with Crippen molar-refractivity contribution in [2.24, 2.45) is 5.84 Å². The summed E-state index contributed by atoms with van der Waals surface area (Å²) < 4.78 is 18.4. The van der Waals surface area contributed by atoms with Crippen molar-refractivity contribution in [3.05, 3.63) is 64.4 Å². The number of methoxy groups -OCH3 is 1. The molecule has 0 spiro atoms. The molecular weight excluding hydrogens is 267 g/mol. The van der Waals surface area contributed by atoms with E-state index in [9.17, 15) is 4.39 Å². The van der Waals surface area contributed by atoms with Crippen molar-refractivity contribution in [1.82, 2.24) is 5.43 Å². The number of hydrogen-bond acceptors (Lipinski definition) is 3. The van der Waals surface area contributed by atoms with Gasteiger partial charge in [-0.1, -0.05) is 35.9 Å². The van der Waals surface area contributed by atoms with Crippen LogP contribution in [0, 0.1) is 5.82 Å². The first-order valence-electron chi connectivity index (χ1n) is 5.71. The van der Waals surface area contributed by atoms with Crippen molar-refractivity contribution in [3.63, 3.8) is 0 Å². The molecular formula is C14H14ClFN2O. The molecule has 0 aromatic heterocycles. The van der Waals surface area contributed by atoms with Crippen molar-refractivity contribution >= 4 is 11.6 Å². The monoisotopic (exact) mass is 280 g/mol. The third-order valence-corrected chi connectivity index (χ3v) is 3.24. The molecule has 0 aliphatic carbocycles. The molecule has 1 unspecified atom stereocenters. The number of nitrogens with two attached hydrogens (primary N) is 1. The molecule has 0 saturated heterocycles. The Morgan fingerprint density at radius 1 is 1.26 bits per heavy atom. The summed E-state index contributed by atoms with van der Waals surface area (Å²) in [5.41, 5.74) is 4.28. The van der Waals surface area contributed by atoms with E-state index in [1.54, 1.807) is 18.2 Å². The fraction of sp³-hybridized carbons (Fsp3) is 0.143. The highest BCUT2D eigenvalue weighted by molar-refractivity contribution is 6.31. The minimum atomic E-state index is -0.416. The fourth-order valence-electron chi connectivity index (χ4n) is 1.93. The zero-order chi connectivity index (χ0) is 13.8. The van der Waals surface area contributed by atoms with Crippen LogP contribution in [0.5, 0.6) is 5.75 Å². The topological polar surface area (TPSA) is 47.3 Å². The van der Waals surface area contributed by atoms with Crippen LogP contribution in [0.3, 0.4) is 0 Å². The van der Waals surface area contributed by atoms with Crippen LogP contribution in [0.1, 0.15) is 17.2 Å². The fourth-order valence-corrected chi connectivity index (χ4v) is 2.18. The number of nitrogens with one attached hydrogen (secondary N) is 1. The number of hydrazine groups is 1. The number of halogens is 2. The van der Waals surface area contributed by atoms with Crippen LogP contribution in [0.4, 0.5) is 4.39 Å². The third kappa shape index (κ3) is 2.87. The Bertz CT molecular complexity index is 577. The first kappa shape index (κ1) is 13.8. The number of ether oxygens (including phenoxy) is 1. The van der Waals surface area contributed by atoms with E-state index >= 15 is 0 Å². The molecule has 0 aliphatic rings. The normalized spacial score (nSPS) is 12.2. The Labute approximate surface area is 116 Å². The highest BCUT2D eigenvalue weighted by atomic mass is 35.5. The maximum absolute atomic E-state index is 13.4. The third-order valence-electron chi connectivity index (χ3n) is 2.89. The van der Waals surface area contributed by atoms with Crippen LogP contribution in [0.15, 0.2) is 42.5 Å². The van der Waals surface area contributed by atoms with E-state index in [4.69, 9.17) is 22.2 Å². The number of hydrogen-bond donors (Lipinski definition) is 2. The minimum Gasteiger partial charge on any atom is -0.494 e. The lowest BCUT2D eigenvalue weighted by Gasteiger charge is -2.19. The molecule has 0 heterocycles. The van der Waals surface area contributed by atoms with Gasteiger partial charge in [-0.05, 0) is 29.3 Å². The van der Waals surface area contributed by atoms with Gasteiger partial charge < -0.3 is 4.74 Å². The summed E-state index contributed by atoms with van der Waals surface area (Å²) in [5, 5.41) is 0.591. The van der Waals surface area contributed by atoms with E-state index < -0.39 is 5.82 Å². The van der Waals surface area contributed by atoms with Crippen molar-refractivity contribution in [2.45, 2.75) is 6.04 Å². The smallest absolute Gasteiger partial charge is 0.165 e. The van der Waals surface area contributed by atoms with E-state index in [-0.39, 0.29) is 11.8 Å². The van der Waals surface area contributed by atoms with E-state index in [1.807, 2.05) is 18.2 Å². The van der Waals surface area contributed by atoms with Gasteiger partial charge in [0.15, 0.2) is 11.6 Å². The standard InChI is InChI=1S/C14H14ClFN2O/c1-19-13-8-9(6-7-12(13)16)14(18-17)10-4-2-3-5-11(10)15/h2-8,14,18H,17H2,1H3. The zero-order valence-electron chi connectivity index (χ0n) is 10.4. The summed E-state index contributed by atoms with van der Waals surface area (Å²) in [7, 11) is 1.42. The van der Waals surface area contributed by atoms with Crippen molar-refractivity contribution in [1.29, 1.82) is 0 Å². The molecule has 0 fully saturated rings. The molecule has 2 rings (SSSR count). The van der Waals surface area contributed by atoms with Gasteiger partial charge in [-0.3, -0.25) is 5.84 Å². The molecule has 3 nitrogen and oxygen atoms in total. The predicted molar refractivity (Wildman–Crippen MR) is 73.6 cm³/mol. The van der Waals surface area contributed by atoms with Crippen LogP contribution in [-0.4, -0.2) is 7.11 Å². The maximum atomic E-state index is 13.4. The Morgan fingerprint density at radius 3 is 2.63 bits per heavy atom. The molecule has 19 heavy (non-hydrogen) atoms. The minimum absolute atomic E-state index is 0.171. The second-order valence-electron chi connectivity index (χ2n) is 4.02. The molecule has 5 heteroatoms. The van der Waals surface area contributed by atoms with Gasteiger partial charge in [-0.15, -0.1) is 0 Å². The molecule has 2 aromatic carbocycles. The lowest BCUT2D eigenvalue weighted by molar-refractivity contribution is 0.385. The van der Waals surface area contributed by atoms with Gasteiger partial charge >= 0.3 is 0 Å². The highest BCUT2D eigenvalue weighted by Gasteiger charge is 2.17.